The Morgan fingerprint density at radius 1 is 1.03 bits per heavy atom. The highest BCUT2D eigenvalue weighted by Gasteiger charge is 2.29. The van der Waals surface area contributed by atoms with Crippen LogP contribution in [0, 0.1) is 11.7 Å². The third kappa shape index (κ3) is 4.54. The summed E-state index contributed by atoms with van der Waals surface area (Å²) in [5.41, 5.74) is 2.36. The molecule has 0 radical (unpaired) electrons. The fourth-order valence-corrected chi connectivity index (χ4v) is 4.28. The first-order valence-corrected chi connectivity index (χ1v) is 10.5. The van der Waals surface area contributed by atoms with Crippen LogP contribution in [0.2, 0.25) is 0 Å². The summed E-state index contributed by atoms with van der Waals surface area (Å²) in [6, 6.07) is 17.4. The fraction of sp³-hybridized carbons (Fsp3) is 0.217. The maximum Gasteiger partial charge on any atom is 0.263 e. The number of nitrogens with one attached hydrogen (secondary N) is 1. The first-order chi connectivity index (χ1) is 14.1. The lowest BCUT2D eigenvalue weighted by atomic mass is 9.96. The van der Waals surface area contributed by atoms with E-state index in [0.29, 0.717) is 23.7 Å². The number of nitrogens with zero attached hydrogens (tertiary/aromatic N) is 1. The number of carbonyl (C=O) groups excluding carboxylic acids is 2. The van der Waals surface area contributed by atoms with E-state index >= 15 is 0 Å². The van der Waals surface area contributed by atoms with Gasteiger partial charge in [0.15, 0.2) is 0 Å². The van der Waals surface area contributed by atoms with Crippen LogP contribution in [-0.2, 0) is 4.79 Å². The van der Waals surface area contributed by atoms with Gasteiger partial charge in [-0.25, -0.2) is 4.39 Å². The van der Waals surface area contributed by atoms with E-state index in [0.717, 1.165) is 24.0 Å². The molecule has 1 aliphatic heterocycles. The van der Waals surface area contributed by atoms with Gasteiger partial charge in [0.1, 0.15) is 5.82 Å². The Hall–Kier alpha value is -2.99. The van der Waals surface area contributed by atoms with Crippen LogP contribution in [0.3, 0.4) is 0 Å². The molecule has 2 amide bonds. The van der Waals surface area contributed by atoms with Crippen molar-refractivity contribution in [3.05, 3.63) is 76.7 Å². The molecule has 4 nitrogen and oxygen atoms in total. The number of rotatable bonds is 4. The molecule has 1 fully saturated rings. The maximum absolute atomic E-state index is 13.4. The first kappa shape index (κ1) is 19.3. The predicted octanol–water partition coefficient (Wildman–Crippen LogP) is 5.05. The van der Waals surface area contributed by atoms with E-state index in [1.807, 2.05) is 47.8 Å². The molecule has 1 aromatic heterocycles. The SMILES string of the molecule is O=C(Nc1ccc(-c2cccc(F)c2)cc1)[C@@H]1CCCN(C(=O)c2cccs2)C1. The molecule has 29 heavy (non-hydrogen) atoms. The highest BCUT2D eigenvalue weighted by Crippen LogP contribution is 2.24. The molecule has 6 heteroatoms. The molecular formula is C23H21FN2O2S. The van der Waals surface area contributed by atoms with Gasteiger partial charge in [0.05, 0.1) is 10.8 Å². The Bertz CT molecular complexity index is 1000. The van der Waals surface area contributed by atoms with Gasteiger partial charge in [-0.05, 0) is 59.7 Å². The van der Waals surface area contributed by atoms with Crippen molar-refractivity contribution in [1.82, 2.24) is 4.90 Å². The van der Waals surface area contributed by atoms with Gasteiger partial charge in [-0.15, -0.1) is 11.3 Å². The zero-order chi connectivity index (χ0) is 20.2. The number of likely N-dealkylation sites (tertiary alicyclic amines) is 1. The van der Waals surface area contributed by atoms with Gasteiger partial charge in [-0.3, -0.25) is 9.59 Å². The molecule has 1 atom stereocenters. The number of piperidine rings is 1. The van der Waals surface area contributed by atoms with Crippen molar-refractivity contribution in [3.8, 4) is 11.1 Å². The minimum Gasteiger partial charge on any atom is -0.337 e. The zero-order valence-corrected chi connectivity index (χ0v) is 16.6. The highest BCUT2D eigenvalue weighted by molar-refractivity contribution is 7.12. The summed E-state index contributed by atoms with van der Waals surface area (Å²) in [7, 11) is 0. The standard InChI is InChI=1S/C23H21FN2O2S/c24-19-6-1-4-17(14-19)16-8-10-20(11-9-16)25-22(27)18-5-2-12-26(15-18)23(28)21-7-3-13-29-21/h1,3-4,6-11,13-14,18H,2,5,12,15H2,(H,25,27)/t18-/m1/s1. The molecule has 1 N–H and O–H groups in total. The summed E-state index contributed by atoms with van der Waals surface area (Å²) in [6.07, 6.45) is 1.58. The quantitative estimate of drug-likeness (QED) is 0.657. The van der Waals surface area contributed by atoms with Gasteiger partial charge in [-0.2, -0.15) is 0 Å². The monoisotopic (exact) mass is 408 g/mol. The van der Waals surface area contributed by atoms with Crippen molar-refractivity contribution < 1.29 is 14.0 Å². The summed E-state index contributed by atoms with van der Waals surface area (Å²) >= 11 is 1.42. The van der Waals surface area contributed by atoms with E-state index < -0.39 is 0 Å². The van der Waals surface area contributed by atoms with Crippen LogP contribution < -0.4 is 5.32 Å². The van der Waals surface area contributed by atoms with Crippen LogP contribution in [0.25, 0.3) is 11.1 Å². The fourth-order valence-electron chi connectivity index (χ4n) is 3.59. The summed E-state index contributed by atoms with van der Waals surface area (Å²) in [5, 5.41) is 4.83. The Morgan fingerprint density at radius 2 is 1.86 bits per heavy atom. The van der Waals surface area contributed by atoms with Crippen LogP contribution >= 0.6 is 11.3 Å². The highest BCUT2D eigenvalue weighted by atomic mass is 32.1. The van der Waals surface area contributed by atoms with Crippen LogP contribution in [0.15, 0.2) is 66.0 Å². The second kappa shape index (κ2) is 8.57. The third-order valence-electron chi connectivity index (χ3n) is 5.12. The summed E-state index contributed by atoms with van der Waals surface area (Å²) in [4.78, 5) is 27.8. The lowest BCUT2D eigenvalue weighted by Gasteiger charge is -2.31. The van der Waals surface area contributed by atoms with Crippen molar-refractivity contribution in [2.75, 3.05) is 18.4 Å². The predicted molar refractivity (Wildman–Crippen MR) is 113 cm³/mol. The van der Waals surface area contributed by atoms with Crippen LogP contribution in [0.1, 0.15) is 22.5 Å². The van der Waals surface area contributed by atoms with Gasteiger partial charge in [-0.1, -0.05) is 30.3 Å². The molecule has 1 saturated heterocycles. The van der Waals surface area contributed by atoms with Gasteiger partial charge in [0.2, 0.25) is 5.91 Å². The van der Waals surface area contributed by atoms with E-state index in [9.17, 15) is 14.0 Å². The summed E-state index contributed by atoms with van der Waals surface area (Å²) in [5.74, 6) is -0.585. The molecule has 0 saturated carbocycles. The molecule has 4 rings (SSSR count). The number of amides is 2. The van der Waals surface area contributed by atoms with Gasteiger partial charge < -0.3 is 10.2 Å². The molecule has 0 bridgehead atoms. The smallest absolute Gasteiger partial charge is 0.263 e. The Balaban J connectivity index is 1.39. The van der Waals surface area contributed by atoms with Gasteiger partial charge in [0.25, 0.3) is 5.91 Å². The van der Waals surface area contributed by atoms with Gasteiger partial charge in [0, 0.05) is 18.8 Å². The van der Waals surface area contributed by atoms with E-state index in [-0.39, 0.29) is 23.5 Å². The first-order valence-electron chi connectivity index (χ1n) is 9.60. The topological polar surface area (TPSA) is 49.4 Å². The van der Waals surface area contributed by atoms with Crippen molar-refractivity contribution in [2.24, 2.45) is 5.92 Å². The average molecular weight is 408 g/mol. The molecule has 1 aliphatic rings. The van der Waals surface area contributed by atoms with Crippen molar-refractivity contribution in [1.29, 1.82) is 0 Å². The summed E-state index contributed by atoms with van der Waals surface area (Å²) in [6.45, 7) is 1.12. The second-order valence-electron chi connectivity index (χ2n) is 7.14. The number of anilines is 1. The molecule has 0 spiro atoms. The van der Waals surface area contributed by atoms with E-state index in [1.165, 1.54) is 23.5 Å². The average Bonchev–Trinajstić information content (AvgIpc) is 3.29. The number of benzene rings is 2. The van der Waals surface area contributed by atoms with E-state index in [1.54, 1.807) is 11.0 Å². The zero-order valence-electron chi connectivity index (χ0n) is 15.8. The summed E-state index contributed by atoms with van der Waals surface area (Å²) < 4.78 is 13.4. The largest absolute Gasteiger partial charge is 0.337 e. The van der Waals surface area contributed by atoms with E-state index in [4.69, 9.17) is 0 Å². The molecular weight excluding hydrogens is 387 g/mol. The van der Waals surface area contributed by atoms with E-state index in [2.05, 4.69) is 5.32 Å². The number of thiophene rings is 1. The third-order valence-corrected chi connectivity index (χ3v) is 5.98. The van der Waals surface area contributed by atoms with Crippen molar-refractivity contribution in [3.63, 3.8) is 0 Å². The lowest BCUT2D eigenvalue weighted by molar-refractivity contribution is -0.121. The Labute approximate surface area is 173 Å². The second-order valence-corrected chi connectivity index (χ2v) is 8.09. The molecule has 148 valence electrons. The minimum atomic E-state index is -0.279. The normalized spacial score (nSPS) is 16.4. The molecule has 2 aromatic carbocycles. The molecule has 3 aromatic rings. The van der Waals surface area contributed by atoms with Crippen molar-refractivity contribution >= 4 is 28.8 Å². The van der Waals surface area contributed by atoms with Crippen LogP contribution in [0.4, 0.5) is 10.1 Å². The lowest BCUT2D eigenvalue weighted by Crippen LogP contribution is -2.43. The minimum absolute atomic E-state index is 0.00283. The van der Waals surface area contributed by atoms with Crippen LogP contribution in [-0.4, -0.2) is 29.8 Å². The number of hydrogen-bond donors (Lipinski definition) is 1. The Morgan fingerprint density at radius 3 is 2.59 bits per heavy atom. The molecule has 0 unspecified atom stereocenters. The maximum atomic E-state index is 13.4. The molecule has 2 heterocycles. The molecule has 0 aliphatic carbocycles. The number of hydrogen-bond acceptors (Lipinski definition) is 3. The van der Waals surface area contributed by atoms with Crippen molar-refractivity contribution in [2.45, 2.75) is 12.8 Å². The number of halogens is 1. The van der Waals surface area contributed by atoms with Crippen LogP contribution in [0.5, 0.6) is 0 Å². The van der Waals surface area contributed by atoms with Gasteiger partial charge >= 0.3 is 0 Å². The number of carbonyl (C=O) groups is 2. The Kier molecular flexibility index (Phi) is 5.71.